The highest BCUT2D eigenvalue weighted by atomic mass is 16.5. The van der Waals surface area contributed by atoms with E-state index in [2.05, 4.69) is 27.6 Å². The number of aromatic nitrogens is 2. The van der Waals surface area contributed by atoms with Gasteiger partial charge in [0.2, 0.25) is 0 Å². The fourth-order valence-corrected chi connectivity index (χ4v) is 2.81. The zero-order chi connectivity index (χ0) is 20.3. The number of hydrogen-bond donors (Lipinski definition) is 1. The minimum Gasteiger partial charge on any atom is -0.483 e. The summed E-state index contributed by atoms with van der Waals surface area (Å²) in [6, 6.07) is 9.91. The Morgan fingerprint density at radius 1 is 1.07 bits per heavy atom. The van der Waals surface area contributed by atoms with Crippen LogP contribution < -0.4 is 10.1 Å². The van der Waals surface area contributed by atoms with Crippen molar-refractivity contribution >= 4 is 17.4 Å². The van der Waals surface area contributed by atoms with Crippen molar-refractivity contribution in [3.63, 3.8) is 0 Å². The Morgan fingerprint density at radius 3 is 2.54 bits per heavy atom. The van der Waals surface area contributed by atoms with Crippen LogP contribution in [0.5, 0.6) is 5.75 Å². The van der Waals surface area contributed by atoms with Crippen LogP contribution in [0.1, 0.15) is 47.9 Å². The van der Waals surface area contributed by atoms with Gasteiger partial charge in [-0.1, -0.05) is 25.0 Å². The van der Waals surface area contributed by atoms with Crippen molar-refractivity contribution in [3.8, 4) is 5.75 Å². The van der Waals surface area contributed by atoms with Crippen LogP contribution in [0.15, 0.2) is 39.9 Å². The quantitative estimate of drug-likeness (QED) is 0.518. The van der Waals surface area contributed by atoms with Crippen molar-refractivity contribution in [2.45, 2.75) is 47.1 Å². The molecule has 3 aromatic rings. The topological polar surface area (TPSA) is 89.6 Å². The van der Waals surface area contributed by atoms with Crippen LogP contribution >= 0.6 is 0 Å². The van der Waals surface area contributed by atoms with E-state index in [-0.39, 0.29) is 12.5 Å². The Morgan fingerprint density at radius 2 is 1.86 bits per heavy atom. The van der Waals surface area contributed by atoms with Gasteiger partial charge in [-0.15, -0.1) is 10.0 Å². The zero-order valence-corrected chi connectivity index (χ0v) is 16.7. The molecule has 0 bridgehead atoms. The molecule has 0 spiro atoms. The van der Waals surface area contributed by atoms with Crippen LogP contribution in [0.4, 0.5) is 17.4 Å². The molecule has 7 nitrogen and oxygen atoms in total. The summed E-state index contributed by atoms with van der Waals surface area (Å²) in [7, 11) is 0. The average Bonchev–Trinajstić information content (AvgIpc) is 3.10. The second-order valence-corrected chi connectivity index (χ2v) is 7.14. The first kappa shape index (κ1) is 19.5. The molecule has 0 aliphatic rings. The van der Waals surface area contributed by atoms with Gasteiger partial charge in [-0.25, -0.2) is 0 Å². The maximum Gasteiger partial charge on any atom is 0.320 e. The van der Waals surface area contributed by atoms with Crippen LogP contribution in [-0.4, -0.2) is 10.2 Å². The number of aryl methyl sites for hydroxylation is 3. The molecule has 0 unspecified atom stereocenters. The average molecular weight is 380 g/mol. The molecule has 1 heterocycles. The van der Waals surface area contributed by atoms with Gasteiger partial charge in [-0.05, 0) is 78.4 Å². The summed E-state index contributed by atoms with van der Waals surface area (Å²) in [5, 5.41) is 14.2. The van der Waals surface area contributed by atoms with Crippen molar-refractivity contribution in [3.05, 3.63) is 63.4 Å². The molecular weight excluding hydrogens is 356 g/mol. The van der Waals surface area contributed by atoms with Crippen LogP contribution in [-0.2, 0) is 6.61 Å². The van der Waals surface area contributed by atoms with E-state index in [0.717, 1.165) is 16.8 Å². The largest absolute Gasteiger partial charge is 0.483 e. The van der Waals surface area contributed by atoms with Gasteiger partial charge in [0.1, 0.15) is 11.4 Å². The van der Waals surface area contributed by atoms with E-state index in [4.69, 9.17) is 9.15 Å². The molecule has 1 aromatic heterocycles. The van der Waals surface area contributed by atoms with E-state index < -0.39 is 0 Å². The van der Waals surface area contributed by atoms with Crippen LogP contribution in [0, 0.1) is 25.7 Å². The zero-order valence-electron chi connectivity index (χ0n) is 16.7. The molecule has 0 aliphatic heterocycles. The summed E-state index contributed by atoms with van der Waals surface area (Å²) < 4.78 is 11.5. The third kappa shape index (κ3) is 4.36. The molecule has 0 saturated heterocycles. The molecule has 1 N–H and O–H groups in total. The number of nitrogens with one attached hydrogen (secondary N) is 1. The summed E-state index contributed by atoms with van der Waals surface area (Å²) in [5.74, 6) is 1.22. The van der Waals surface area contributed by atoms with Crippen molar-refractivity contribution in [2.75, 3.05) is 5.32 Å². The third-order valence-electron chi connectivity index (χ3n) is 4.62. The summed E-state index contributed by atoms with van der Waals surface area (Å²) in [6.07, 6.45) is 0. The fraction of sp³-hybridized carbons (Fsp3) is 0.333. The highest BCUT2D eigenvalue weighted by Crippen LogP contribution is 2.34. The monoisotopic (exact) mass is 380 g/mol. The lowest BCUT2D eigenvalue weighted by Crippen LogP contribution is -2.01. The predicted molar refractivity (Wildman–Crippen MR) is 109 cm³/mol. The Bertz CT molecular complexity index is 995. The van der Waals surface area contributed by atoms with E-state index in [1.165, 1.54) is 11.1 Å². The summed E-state index contributed by atoms with van der Waals surface area (Å²) in [4.78, 5) is 11.0. The van der Waals surface area contributed by atoms with Crippen LogP contribution in [0.25, 0.3) is 0 Å². The smallest absolute Gasteiger partial charge is 0.320 e. The van der Waals surface area contributed by atoms with Gasteiger partial charge in [0, 0.05) is 5.69 Å². The molecule has 7 heteroatoms. The summed E-state index contributed by atoms with van der Waals surface area (Å²) in [5.41, 5.74) is 5.38. The maximum atomic E-state index is 11.0. The molecule has 0 radical (unpaired) electrons. The molecule has 28 heavy (non-hydrogen) atoms. The van der Waals surface area contributed by atoms with Gasteiger partial charge in [0.25, 0.3) is 5.89 Å². The van der Waals surface area contributed by atoms with E-state index in [9.17, 15) is 4.91 Å². The molecule has 0 aliphatic carbocycles. The number of hydrogen-bond acceptors (Lipinski definition) is 7. The molecule has 2 aromatic carbocycles. The van der Waals surface area contributed by atoms with Gasteiger partial charge in [-0.3, -0.25) is 0 Å². The van der Waals surface area contributed by atoms with Gasteiger partial charge in [0.05, 0.1) is 0 Å². The number of anilines is 2. The van der Waals surface area contributed by atoms with Gasteiger partial charge in [0.15, 0.2) is 6.61 Å². The lowest BCUT2D eigenvalue weighted by atomic mass is 9.99. The number of rotatable bonds is 7. The minimum atomic E-state index is 0.134. The highest BCUT2D eigenvalue weighted by molar-refractivity contribution is 5.55. The van der Waals surface area contributed by atoms with E-state index in [0.29, 0.717) is 23.3 Å². The molecule has 3 rings (SSSR count). The Balaban J connectivity index is 1.71. The molecule has 146 valence electrons. The van der Waals surface area contributed by atoms with Crippen molar-refractivity contribution in [1.29, 1.82) is 0 Å². The number of benzene rings is 2. The number of nitrogens with zero attached hydrogens (tertiary/aromatic N) is 3. The fourth-order valence-electron chi connectivity index (χ4n) is 2.81. The van der Waals surface area contributed by atoms with Crippen molar-refractivity contribution < 1.29 is 9.15 Å². The Labute approximate surface area is 164 Å². The van der Waals surface area contributed by atoms with Crippen LogP contribution in [0.2, 0.25) is 0 Å². The standard InChI is InChI=1S/C21H24N4O3/c1-12(2)17-10-18(25-26)15(5)9-19(17)27-11-20-23-24-21(28-20)22-16-7-6-13(3)14(4)8-16/h6-10,12H,11H2,1-5H3,(H,22,24). The predicted octanol–water partition coefficient (Wildman–Crippen LogP) is 5.84. The first-order valence-corrected chi connectivity index (χ1v) is 9.14. The normalized spacial score (nSPS) is 10.9. The SMILES string of the molecule is Cc1ccc(Nc2nnc(COc3cc(C)c(N=O)cc3C(C)C)o2)cc1C. The van der Waals surface area contributed by atoms with E-state index in [1.54, 1.807) is 6.07 Å². The van der Waals surface area contributed by atoms with Crippen molar-refractivity contribution in [2.24, 2.45) is 5.18 Å². The van der Waals surface area contributed by atoms with Crippen molar-refractivity contribution in [1.82, 2.24) is 10.2 Å². The minimum absolute atomic E-state index is 0.134. The second-order valence-electron chi connectivity index (χ2n) is 7.14. The maximum absolute atomic E-state index is 11.0. The Hall–Kier alpha value is -3.22. The summed E-state index contributed by atoms with van der Waals surface area (Å²) >= 11 is 0. The van der Waals surface area contributed by atoms with E-state index >= 15 is 0 Å². The summed E-state index contributed by atoms with van der Waals surface area (Å²) in [6.45, 7) is 10.1. The first-order chi connectivity index (χ1) is 13.4. The molecule has 0 fully saturated rings. The van der Waals surface area contributed by atoms with Gasteiger partial charge >= 0.3 is 6.01 Å². The van der Waals surface area contributed by atoms with Gasteiger partial charge < -0.3 is 14.5 Å². The highest BCUT2D eigenvalue weighted by Gasteiger charge is 2.14. The number of nitroso groups, excluding NO2 is 1. The Kier molecular flexibility index (Phi) is 5.73. The third-order valence-corrected chi connectivity index (χ3v) is 4.62. The molecular formula is C21H24N4O3. The lowest BCUT2D eigenvalue weighted by molar-refractivity contribution is 0.261. The number of ether oxygens (including phenoxy) is 1. The molecule has 0 amide bonds. The lowest BCUT2D eigenvalue weighted by Gasteiger charge is -2.14. The van der Waals surface area contributed by atoms with Crippen LogP contribution in [0.3, 0.4) is 0 Å². The molecule has 0 saturated carbocycles. The first-order valence-electron chi connectivity index (χ1n) is 9.14. The van der Waals surface area contributed by atoms with Gasteiger partial charge in [-0.2, -0.15) is 0 Å². The second kappa shape index (κ2) is 8.21. The van der Waals surface area contributed by atoms with E-state index in [1.807, 2.05) is 52.0 Å². The molecule has 0 atom stereocenters.